The van der Waals surface area contributed by atoms with E-state index in [1.165, 1.54) is 7.11 Å². The Morgan fingerprint density at radius 2 is 1.94 bits per heavy atom. The van der Waals surface area contributed by atoms with Crippen LogP contribution in [0.3, 0.4) is 0 Å². The minimum Gasteiger partial charge on any atom is -0.468 e. The number of rotatable bonds is 3. The van der Waals surface area contributed by atoms with Gasteiger partial charge in [0, 0.05) is 26.2 Å². The van der Waals surface area contributed by atoms with Crippen LogP contribution in [0.2, 0.25) is 0 Å². The first-order chi connectivity index (χ1) is 8.70. The molecule has 102 valence electrons. The zero-order valence-electron chi connectivity index (χ0n) is 10.5. The first-order valence-electron chi connectivity index (χ1n) is 6.30. The number of ether oxygens (including phenoxy) is 3. The molecule has 18 heavy (non-hydrogen) atoms. The molecular formula is C12H19NO5. The van der Waals surface area contributed by atoms with E-state index in [1.54, 1.807) is 0 Å². The van der Waals surface area contributed by atoms with Crippen molar-refractivity contribution in [3.05, 3.63) is 0 Å². The summed E-state index contributed by atoms with van der Waals surface area (Å²) < 4.78 is 15.3. The van der Waals surface area contributed by atoms with Crippen molar-refractivity contribution >= 4 is 11.9 Å². The minimum absolute atomic E-state index is 0.0593. The molecule has 2 saturated heterocycles. The van der Waals surface area contributed by atoms with Crippen LogP contribution in [0.5, 0.6) is 0 Å². The van der Waals surface area contributed by atoms with Crippen LogP contribution >= 0.6 is 0 Å². The van der Waals surface area contributed by atoms with Crippen LogP contribution in [0.15, 0.2) is 0 Å². The molecule has 6 nitrogen and oxygen atoms in total. The van der Waals surface area contributed by atoms with Gasteiger partial charge in [0.1, 0.15) is 12.1 Å². The first kappa shape index (κ1) is 13.3. The normalized spacial score (nSPS) is 28.9. The van der Waals surface area contributed by atoms with E-state index >= 15 is 0 Å². The van der Waals surface area contributed by atoms with E-state index in [4.69, 9.17) is 9.47 Å². The topological polar surface area (TPSA) is 73.9 Å². The zero-order valence-corrected chi connectivity index (χ0v) is 10.5. The second-order valence-electron chi connectivity index (χ2n) is 4.67. The Morgan fingerprint density at radius 1 is 1.22 bits per heavy atom. The molecule has 2 aliphatic heterocycles. The molecule has 0 aromatic rings. The van der Waals surface area contributed by atoms with Crippen molar-refractivity contribution in [2.45, 2.75) is 31.4 Å². The molecule has 0 bridgehead atoms. The van der Waals surface area contributed by atoms with Gasteiger partial charge >= 0.3 is 11.9 Å². The van der Waals surface area contributed by atoms with Gasteiger partial charge in [0.2, 0.25) is 0 Å². The van der Waals surface area contributed by atoms with Gasteiger partial charge < -0.3 is 19.5 Å². The number of hydrogen-bond acceptors (Lipinski definition) is 6. The lowest BCUT2D eigenvalue weighted by Gasteiger charge is -2.22. The Morgan fingerprint density at radius 3 is 2.61 bits per heavy atom. The van der Waals surface area contributed by atoms with Gasteiger partial charge in [-0.05, 0) is 12.8 Å². The molecule has 1 N–H and O–H groups in total. The molecule has 6 heteroatoms. The van der Waals surface area contributed by atoms with Crippen molar-refractivity contribution in [1.82, 2.24) is 5.32 Å². The largest absolute Gasteiger partial charge is 0.468 e. The molecule has 0 unspecified atom stereocenters. The van der Waals surface area contributed by atoms with Crippen LogP contribution in [0.25, 0.3) is 0 Å². The predicted octanol–water partition coefficient (Wildman–Crippen LogP) is -0.140. The third-order valence-corrected chi connectivity index (χ3v) is 3.41. The van der Waals surface area contributed by atoms with Crippen molar-refractivity contribution in [2.24, 2.45) is 5.92 Å². The summed E-state index contributed by atoms with van der Waals surface area (Å²) in [5.74, 6) is -0.536. The summed E-state index contributed by atoms with van der Waals surface area (Å²) in [4.78, 5) is 23.2. The molecule has 0 spiro atoms. The number of esters is 2. The molecule has 0 amide bonds. The van der Waals surface area contributed by atoms with Gasteiger partial charge in [0.05, 0.1) is 13.0 Å². The van der Waals surface area contributed by atoms with E-state index in [0.29, 0.717) is 26.2 Å². The average molecular weight is 257 g/mol. The molecular weight excluding hydrogens is 238 g/mol. The van der Waals surface area contributed by atoms with Gasteiger partial charge in [0.25, 0.3) is 0 Å². The smallest absolute Gasteiger partial charge is 0.323 e. The van der Waals surface area contributed by atoms with Crippen molar-refractivity contribution in [3.8, 4) is 0 Å². The van der Waals surface area contributed by atoms with Crippen LogP contribution in [-0.2, 0) is 23.8 Å². The van der Waals surface area contributed by atoms with Crippen LogP contribution in [0.1, 0.15) is 19.3 Å². The van der Waals surface area contributed by atoms with Crippen LogP contribution in [0.4, 0.5) is 0 Å². The molecule has 0 saturated carbocycles. The maximum absolute atomic E-state index is 11.9. The summed E-state index contributed by atoms with van der Waals surface area (Å²) in [6.07, 6.45) is 1.70. The van der Waals surface area contributed by atoms with Gasteiger partial charge in [-0.15, -0.1) is 0 Å². The number of methoxy groups -OCH3 is 1. The summed E-state index contributed by atoms with van der Waals surface area (Å²) in [5.41, 5.74) is 0. The Bertz CT molecular complexity index is 314. The molecule has 2 fully saturated rings. The summed E-state index contributed by atoms with van der Waals surface area (Å²) in [7, 11) is 1.35. The van der Waals surface area contributed by atoms with E-state index < -0.39 is 0 Å². The van der Waals surface area contributed by atoms with E-state index in [-0.39, 0.29) is 30.0 Å². The van der Waals surface area contributed by atoms with Crippen LogP contribution in [-0.4, -0.2) is 51.0 Å². The number of carbonyl (C=O) groups is 2. The van der Waals surface area contributed by atoms with E-state index in [1.807, 2.05) is 0 Å². The molecule has 2 heterocycles. The molecule has 2 atom stereocenters. The summed E-state index contributed by atoms with van der Waals surface area (Å²) >= 11 is 0. The van der Waals surface area contributed by atoms with Gasteiger partial charge in [-0.1, -0.05) is 0 Å². The molecule has 2 rings (SSSR count). The summed E-state index contributed by atoms with van der Waals surface area (Å²) in [6.45, 7) is 1.75. The maximum atomic E-state index is 11.9. The minimum atomic E-state index is -0.359. The average Bonchev–Trinajstić information content (AvgIpc) is 2.87. The predicted molar refractivity (Wildman–Crippen MR) is 61.8 cm³/mol. The Balaban J connectivity index is 1.76. The molecule has 0 aromatic carbocycles. The number of hydrogen-bond donors (Lipinski definition) is 1. The van der Waals surface area contributed by atoms with Crippen LogP contribution < -0.4 is 5.32 Å². The summed E-state index contributed by atoms with van der Waals surface area (Å²) in [5, 5.41) is 2.99. The number of nitrogens with one attached hydrogen (secondary N) is 1. The molecule has 0 aliphatic carbocycles. The lowest BCUT2D eigenvalue weighted by molar-refractivity contribution is -0.157. The van der Waals surface area contributed by atoms with Crippen molar-refractivity contribution in [3.63, 3.8) is 0 Å². The highest BCUT2D eigenvalue weighted by Crippen LogP contribution is 2.19. The van der Waals surface area contributed by atoms with Gasteiger partial charge in [-0.2, -0.15) is 0 Å². The SMILES string of the molecule is COC(=O)[C@@H]1C[C@@H](OC(=O)C2CCOCC2)CN1. The first-order valence-corrected chi connectivity index (χ1v) is 6.30. The quantitative estimate of drug-likeness (QED) is 0.709. The fourth-order valence-corrected chi connectivity index (χ4v) is 2.31. The highest BCUT2D eigenvalue weighted by atomic mass is 16.5. The fourth-order valence-electron chi connectivity index (χ4n) is 2.31. The Kier molecular flexibility index (Phi) is 4.54. The molecule has 0 aromatic heterocycles. The van der Waals surface area contributed by atoms with Crippen molar-refractivity contribution in [2.75, 3.05) is 26.9 Å². The monoisotopic (exact) mass is 257 g/mol. The Labute approximate surface area is 106 Å². The number of carbonyl (C=O) groups excluding carboxylic acids is 2. The van der Waals surface area contributed by atoms with Crippen molar-refractivity contribution < 1.29 is 23.8 Å². The van der Waals surface area contributed by atoms with Crippen molar-refractivity contribution in [1.29, 1.82) is 0 Å². The third-order valence-electron chi connectivity index (χ3n) is 3.41. The van der Waals surface area contributed by atoms with E-state index in [0.717, 1.165) is 12.8 Å². The maximum Gasteiger partial charge on any atom is 0.323 e. The second-order valence-corrected chi connectivity index (χ2v) is 4.67. The highest BCUT2D eigenvalue weighted by molar-refractivity contribution is 5.76. The molecule has 2 aliphatic rings. The summed E-state index contributed by atoms with van der Waals surface area (Å²) in [6, 6.07) is -0.359. The fraction of sp³-hybridized carbons (Fsp3) is 0.833. The van der Waals surface area contributed by atoms with Crippen LogP contribution in [0, 0.1) is 5.92 Å². The standard InChI is InChI=1S/C12H19NO5/c1-16-12(15)10-6-9(7-13-10)18-11(14)8-2-4-17-5-3-8/h8-10,13H,2-7H2,1H3/t9-,10+/m1/s1. The molecule has 0 radical (unpaired) electrons. The second kappa shape index (κ2) is 6.15. The van der Waals surface area contributed by atoms with Gasteiger partial charge in [-0.3, -0.25) is 9.59 Å². The lowest BCUT2D eigenvalue weighted by atomic mass is 10.0. The van der Waals surface area contributed by atoms with Gasteiger partial charge in [0.15, 0.2) is 0 Å². The van der Waals surface area contributed by atoms with E-state index in [2.05, 4.69) is 10.1 Å². The third kappa shape index (κ3) is 3.20. The lowest BCUT2D eigenvalue weighted by Crippen LogP contribution is -2.31. The Hall–Kier alpha value is -1.14. The van der Waals surface area contributed by atoms with Gasteiger partial charge in [-0.25, -0.2) is 0 Å². The highest BCUT2D eigenvalue weighted by Gasteiger charge is 2.34. The zero-order chi connectivity index (χ0) is 13.0. The van der Waals surface area contributed by atoms with E-state index in [9.17, 15) is 9.59 Å².